The molecule has 7 atom stereocenters. The Bertz CT molecular complexity index is 467. The highest BCUT2D eigenvalue weighted by molar-refractivity contribution is 5.10. The summed E-state index contributed by atoms with van der Waals surface area (Å²) >= 11 is 0. The molecule has 4 rings (SSSR count). The molecule has 4 saturated carbocycles. The van der Waals surface area contributed by atoms with Gasteiger partial charge >= 0.3 is 0 Å². The Balaban J connectivity index is 1.63. The van der Waals surface area contributed by atoms with Gasteiger partial charge in [-0.3, -0.25) is 0 Å². The Morgan fingerprint density at radius 2 is 1.52 bits per heavy atom. The second-order valence-electron chi connectivity index (χ2n) is 10.2. The van der Waals surface area contributed by atoms with Crippen molar-refractivity contribution in [1.29, 1.82) is 0 Å². The van der Waals surface area contributed by atoms with Crippen LogP contribution in [0.25, 0.3) is 0 Å². The lowest BCUT2D eigenvalue weighted by Gasteiger charge is -2.61. The monoisotopic (exact) mass is 320 g/mol. The predicted molar refractivity (Wildman–Crippen MR) is 92.7 cm³/mol. The molecule has 0 aromatic rings. The zero-order chi connectivity index (χ0) is 16.5. The van der Waals surface area contributed by atoms with E-state index in [1.165, 1.54) is 57.8 Å². The maximum atomic E-state index is 10.3. The Morgan fingerprint density at radius 1 is 0.783 bits per heavy atom. The number of hydrogen-bond donors (Lipinski definition) is 2. The van der Waals surface area contributed by atoms with Crippen molar-refractivity contribution in [2.24, 2.45) is 40.4 Å². The second kappa shape index (κ2) is 5.21. The van der Waals surface area contributed by atoms with Gasteiger partial charge in [0.15, 0.2) is 5.79 Å². The van der Waals surface area contributed by atoms with Crippen LogP contribution in [0.15, 0.2) is 0 Å². The minimum atomic E-state index is -1.50. The third-order valence-corrected chi connectivity index (χ3v) is 9.24. The zero-order valence-corrected chi connectivity index (χ0v) is 15.4. The Hall–Kier alpha value is -0.0800. The van der Waals surface area contributed by atoms with Crippen LogP contribution in [0.3, 0.4) is 0 Å². The van der Waals surface area contributed by atoms with Crippen molar-refractivity contribution in [3.63, 3.8) is 0 Å². The largest absolute Gasteiger partial charge is 0.366 e. The van der Waals surface area contributed by atoms with Gasteiger partial charge in [0.25, 0.3) is 0 Å². The molecular formula is C21H36O2. The summed E-state index contributed by atoms with van der Waals surface area (Å²) < 4.78 is 0. The standard InChI is InChI=1S/C21H36O2/c1-19-12-5-4-6-14(19)7-8-15-16-9-10-18(21(3,22)23)20(16,2)13-11-17(15)19/h14-18,22-23H,4-13H2,1-3H3/t14-,15+,16+,17+,18+,19+,20+/m1/s1. The average molecular weight is 321 g/mol. The summed E-state index contributed by atoms with van der Waals surface area (Å²) in [7, 11) is 0. The average Bonchev–Trinajstić information content (AvgIpc) is 2.84. The van der Waals surface area contributed by atoms with Gasteiger partial charge in [-0.2, -0.15) is 0 Å². The molecule has 2 N–H and O–H groups in total. The third kappa shape index (κ3) is 2.27. The smallest absolute Gasteiger partial charge is 0.163 e. The quantitative estimate of drug-likeness (QED) is 0.685. The highest BCUT2D eigenvalue weighted by atomic mass is 16.5. The number of rotatable bonds is 1. The summed E-state index contributed by atoms with van der Waals surface area (Å²) in [6.45, 7) is 6.62. The van der Waals surface area contributed by atoms with E-state index in [1.807, 2.05) is 0 Å². The molecule has 0 radical (unpaired) electrons. The Labute approximate surface area is 142 Å². The summed E-state index contributed by atoms with van der Waals surface area (Å²) in [6, 6.07) is 0. The lowest BCUT2D eigenvalue weighted by Crippen LogP contribution is -2.54. The van der Waals surface area contributed by atoms with E-state index in [-0.39, 0.29) is 11.3 Å². The summed E-state index contributed by atoms with van der Waals surface area (Å²) in [5.41, 5.74) is 0.736. The van der Waals surface area contributed by atoms with Crippen LogP contribution in [0, 0.1) is 40.4 Å². The highest BCUT2D eigenvalue weighted by Gasteiger charge is 2.61. The molecule has 23 heavy (non-hydrogen) atoms. The summed E-state index contributed by atoms with van der Waals surface area (Å²) in [5, 5.41) is 20.6. The molecule has 2 heteroatoms. The fourth-order valence-corrected chi connectivity index (χ4v) is 8.19. The second-order valence-corrected chi connectivity index (χ2v) is 10.2. The predicted octanol–water partition coefficient (Wildman–Crippen LogP) is 4.74. The normalized spacial score (nSPS) is 53.3. The first-order chi connectivity index (χ1) is 10.8. The van der Waals surface area contributed by atoms with Crippen molar-refractivity contribution in [2.75, 3.05) is 0 Å². The van der Waals surface area contributed by atoms with E-state index in [4.69, 9.17) is 0 Å². The first kappa shape index (κ1) is 16.4. The SMILES string of the molecule is CC(O)(O)[C@H]1CC[C@H]2[C@@H]3CC[C@H]4CCCC[C@]4(C)[C@H]3CC[C@]12C. The molecule has 2 nitrogen and oxygen atoms in total. The van der Waals surface area contributed by atoms with E-state index in [9.17, 15) is 10.2 Å². The summed E-state index contributed by atoms with van der Waals surface area (Å²) in [6.07, 6.45) is 13.4. The molecule has 0 amide bonds. The van der Waals surface area contributed by atoms with Gasteiger partial charge in [-0.25, -0.2) is 0 Å². The molecular weight excluding hydrogens is 284 g/mol. The van der Waals surface area contributed by atoms with Gasteiger partial charge in [-0.15, -0.1) is 0 Å². The summed E-state index contributed by atoms with van der Waals surface area (Å²) in [4.78, 5) is 0. The number of hydrogen-bond acceptors (Lipinski definition) is 2. The van der Waals surface area contributed by atoms with Crippen LogP contribution in [0.2, 0.25) is 0 Å². The zero-order valence-electron chi connectivity index (χ0n) is 15.4. The molecule has 0 unspecified atom stereocenters. The van der Waals surface area contributed by atoms with Crippen LogP contribution in [0.4, 0.5) is 0 Å². The van der Waals surface area contributed by atoms with Crippen molar-refractivity contribution in [1.82, 2.24) is 0 Å². The topological polar surface area (TPSA) is 40.5 Å². The van der Waals surface area contributed by atoms with Crippen LogP contribution in [0.5, 0.6) is 0 Å². The molecule has 4 aliphatic rings. The van der Waals surface area contributed by atoms with Gasteiger partial charge in [0.05, 0.1) is 0 Å². The van der Waals surface area contributed by atoms with Crippen LogP contribution < -0.4 is 0 Å². The molecule has 0 aliphatic heterocycles. The van der Waals surface area contributed by atoms with E-state index in [0.29, 0.717) is 5.41 Å². The van der Waals surface area contributed by atoms with Crippen molar-refractivity contribution in [2.45, 2.75) is 90.8 Å². The highest BCUT2D eigenvalue weighted by Crippen LogP contribution is 2.68. The van der Waals surface area contributed by atoms with Crippen molar-refractivity contribution >= 4 is 0 Å². The molecule has 0 heterocycles. The van der Waals surface area contributed by atoms with Crippen LogP contribution >= 0.6 is 0 Å². The molecule has 0 spiro atoms. The Kier molecular flexibility index (Phi) is 3.71. The van der Waals surface area contributed by atoms with E-state index < -0.39 is 5.79 Å². The minimum absolute atomic E-state index is 0.0674. The fourth-order valence-electron chi connectivity index (χ4n) is 8.19. The molecule has 4 aliphatic carbocycles. The lowest BCUT2D eigenvalue weighted by atomic mass is 9.44. The van der Waals surface area contributed by atoms with Gasteiger partial charge in [-0.1, -0.05) is 26.7 Å². The van der Waals surface area contributed by atoms with Crippen LogP contribution in [0.1, 0.15) is 85.0 Å². The van der Waals surface area contributed by atoms with Crippen molar-refractivity contribution in [3.05, 3.63) is 0 Å². The minimum Gasteiger partial charge on any atom is -0.366 e. The molecule has 0 bridgehead atoms. The third-order valence-electron chi connectivity index (χ3n) is 9.24. The molecule has 0 aromatic heterocycles. The van der Waals surface area contributed by atoms with Gasteiger partial charge < -0.3 is 10.2 Å². The molecule has 4 fully saturated rings. The molecule has 0 aromatic carbocycles. The van der Waals surface area contributed by atoms with E-state index in [0.717, 1.165) is 30.1 Å². The maximum Gasteiger partial charge on any atom is 0.163 e. The van der Waals surface area contributed by atoms with E-state index in [2.05, 4.69) is 13.8 Å². The number of fused-ring (bicyclic) bond motifs is 5. The first-order valence-corrected chi connectivity index (χ1v) is 10.2. The van der Waals surface area contributed by atoms with Crippen LogP contribution in [-0.2, 0) is 0 Å². The first-order valence-electron chi connectivity index (χ1n) is 10.2. The van der Waals surface area contributed by atoms with Crippen molar-refractivity contribution < 1.29 is 10.2 Å². The van der Waals surface area contributed by atoms with Gasteiger partial charge in [-0.05, 0) is 92.8 Å². The van der Waals surface area contributed by atoms with Crippen molar-refractivity contribution in [3.8, 4) is 0 Å². The van der Waals surface area contributed by atoms with E-state index in [1.54, 1.807) is 6.92 Å². The van der Waals surface area contributed by atoms with Gasteiger partial charge in [0, 0.05) is 5.92 Å². The van der Waals surface area contributed by atoms with Crippen LogP contribution in [-0.4, -0.2) is 16.0 Å². The Morgan fingerprint density at radius 3 is 2.26 bits per heavy atom. The maximum absolute atomic E-state index is 10.3. The van der Waals surface area contributed by atoms with E-state index >= 15 is 0 Å². The fraction of sp³-hybridized carbons (Fsp3) is 1.00. The summed E-state index contributed by atoms with van der Waals surface area (Å²) in [5.74, 6) is 2.02. The van der Waals surface area contributed by atoms with Gasteiger partial charge in [0.2, 0.25) is 0 Å². The lowest BCUT2D eigenvalue weighted by molar-refractivity contribution is -0.221. The van der Waals surface area contributed by atoms with Gasteiger partial charge in [0.1, 0.15) is 0 Å². The number of aliphatic hydroxyl groups is 2. The molecule has 132 valence electrons. The molecule has 0 saturated heterocycles.